The van der Waals surface area contributed by atoms with Gasteiger partial charge < -0.3 is 15.5 Å². The highest BCUT2D eigenvalue weighted by Gasteiger charge is 2.18. The Bertz CT molecular complexity index is 1130. The molecule has 3 heterocycles. The number of nitrogens with zero attached hydrogens (tertiary/aromatic N) is 2. The van der Waals surface area contributed by atoms with Crippen molar-refractivity contribution in [3.05, 3.63) is 65.3 Å². The lowest BCUT2D eigenvalue weighted by atomic mass is 10.1. The Hall–Kier alpha value is -3.12. The number of halogens is 2. The molecule has 4 rings (SSSR count). The lowest BCUT2D eigenvalue weighted by Gasteiger charge is -2.07. The second-order valence-corrected chi connectivity index (χ2v) is 6.20. The molecule has 0 aliphatic heterocycles. The van der Waals surface area contributed by atoms with Gasteiger partial charge in [-0.25, -0.2) is 4.39 Å². The molecular formula is C19H14ClFN4O. The number of pyridine rings is 2. The van der Waals surface area contributed by atoms with E-state index in [0.29, 0.717) is 22.4 Å². The fourth-order valence-corrected chi connectivity index (χ4v) is 2.98. The van der Waals surface area contributed by atoms with Crippen LogP contribution in [0.3, 0.4) is 0 Å². The quantitative estimate of drug-likeness (QED) is 0.512. The summed E-state index contributed by atoms with van der Waals surface area (Å²) in [6, 6.07) is 10.2. The van der Waals surface area contributed by atoms with Crippen molar-refractivity contribution in [2.75, 3.05) is 11.1 Å². The van der Waals surface area contributed by atoms with E-state index >= 15 is 0 Å². The van der Waals surface area contributed by atoms with Crippen LogP contribution in [-0.2, 0) is 0 Å². The zero-order valence-corrected chi connectivity index (χ0v) is 14.5. The molecule has 5 nitrogen and oxygen atoms in total. The molecular weight excluding hydrogens is 355 g/mol. The molecule has 0 amide bonds. The number of furan rings is 1. The van der Waals surface area contributed by atoms with Gasteiger partial charge >= 0.3 is 0 Å². The molecule has 26 heavy (non-hydrogen) atoms. The molecule has 0 saturated carbocycles. The number of anilines is 3. The molecule has 0 aliphatic carbocycles. The fourth-order valence-electron chi connectivity index (χ4n) is 2.80. The third-order valence-corrected chi connectivity index (χ3v) is 4.31. The first-order valence-corrected chi connectivity index (χ1v) is 8.23. The van der Waals surface area contributed by atoms with Gasteiger partial charge in [-0.3, -0.25) is 9.97 Å². The van der Waals surface area contributed by atoms with Gasteiger partial charge in [0.15, 0.2) is 11.4 Å². The zero-order valence-electron chi connectivity index (χ0n) is 13.8. The lowest BCUT2D eigenvalue weighted by Crippen LogP contribution is -1.96. The summed E-state index contributed by atoms with van der Waals surface area (Å²) in [5, 5.41) is 3.70. The van der Waals surface area contributed by atoms with Crippen molar-refractivity contribution in [2.24, 2.45) is 0 Å². The Kier molecular flexibility index (Phi) is 3.97. The van der Waals surface area contributed by atoms with Crippen molar-refractivity contribution < 1.29 is 8.81 Å². The van der Waals surface area contributed by atoms with Gasteiger partial charge in [0.2, 0.25) is 5.88 Å². The number of hydrogen-bond acceptors (Lipinski definition) is 5. The third kappa shape index (κ3) is 2.74. The van der Waals surface area contributed by atoms with E-state index in [1.165, 1.54) is 6.07 Å². The van der Waals surface area contributed by atoms with Crippen molar-refractivity contribution in [2.45, 2.75) is 6.92 Å². The van der Waals surface area contributed by atoms with E-state index in [2.05, 4.69) is 15.3 Å². The summed E-state index contributed by atoms with van der Waals surface area (Å²) >= 11 is 5.85. The van der Waals surface area contributed by atoms with E-state index in [0.717, 1.165) is 11.3 Å². The maximum Gasteiger partial charge on any atom is 0.215 e. The number of fused-ring (bicyclic) bond motifs is 1. The fraction of sp³-hybridized carbons (Fsp3) is 0.0526. The molecule has 0 saturated heterocycles. The molecule has 3 aromatic heterocycles. The first-order chi connectivity index (χ1) is 12.5. The van der Waals surface area contributed by atoms with E-state index in [4.69, 9.17) is 21.8 Å². The lowest BCUT2D eigenvalue weighted by molar-refractivity contribution is 0.631. The highest BCUT2D eigenvalue weighted by molar-refractivity contribution is 6.31. The molecule has 4 aromatic rings. The van der Waals surface area contributed by atoms with Crippen LogP contribution in [0.2, 0.25) is 5.02 Å². The number of hydrogen-bond donors (Lipinski definition) is 2. The molecule has 130 valence electrons. The van der Waals surface area contributed by atoms with Crippen LogP contribution in [0.5, 0.6) is 0 Å². The van der Waals surface area contributed by atoms with Crippen molar-refractivity contribution in [3.8, 4) is 11.3 Å². The maximum absolute atomic E-state index is 14.2. The van der Waals surface area contributed by atoms with E-state index in [9.17, 15) is 4.39 Å². The highest BCUT2D eigenvalue weighted by Crippen LogP contribution is 2.39. The van der Waals surface area contributed by atoms with Gasteiger partial charge in [-0.1, -0.05) is 17.7 Å². The predicted octanol–water partition coefficient (Wildman–Crippen LogP) is 5.32. The molecule has 0 aliphatic rings. The van der Waals surface area contributed by atoms with Crippen LogP contribution in [0.25, 0.3) is 22.2 Å². The average Bonchev–Trinajstić information content (AvgIpc) is 2.94. The van der Waals surface area contributed by atoms with Crippen LogP contribution < -0.4 is 11.1 Å². The van der Waals surface area contributed by atoms with Gasteiger partial charge in [-0.05, 0) is 37.3 Å². The largest absolute Gasteiger partial charge is 0.436 e. The maximum atomic E-state index is 14.2. The third-order valence-electron chi connectivity index (χ3n) is 4.01. The Morgan fingerprint density at radius 1 is 1.15 bits per heavy atom. The molecule has 0 spiro atoms. The number of nitrogens with two attached hydrogens (primary N) is 1. The Morgan fingerprint density at radius 2 is 1.96 bits per heavy atom. The highest BCUT2D eigenvalue weighted by atomic mass is 35.5. The van der Waals surface area contributed by atoms with Crippen molar-refractivity contribution in [3.63, 3.8) is 0 Å². The van der Waals surface area contributed by atoms with Gasteiger partial charge in [0.25, 0.3) is 0 Å². The van der Waals surface area contributed by atoms with Crippen LogP contribution in [0.15, 0.2) is 53.2 Å². The number of aromatic nitrogens is 2. The summed E-state index contributed by atoms with van der Waals surface area (Å²) in [7, 11) is 0. The summed E-state index contributed by atoms with van der Waals surface area (Å²) in [5.41, 5.74) is 9.60. The molecule has 1 aromatic carbocycles. The SMILES string of the molecule is Cc1cc(-c2nccc3c(Nc4cccc(Cl)c4F)c(N)oc23)ccn1. The smallest absolute Gasteiger partial charge is 0.215 e. The molecule has 0 atom stereocenters. The zero-order chi connectivity index (χ0) is 18.3. The minimum Gasteiger partial charge on any atom is -0.436 e. The van der Waals surface area contributed by atoms with Crippen LogP contribution in [-0.4, -0.2) is 9.97 Å². The van der Waals surface area contributed by atoms with Crippen LogP contribution in [0, 0.1) is 12.7 Å². The van der Waals surface area contributed by atoms with Gasteiger partial charge in [-0.15, -0.1) is 0 Å². The second-order valence-electron chi connectivity index (χ2n) is 5.79. The summed E-state index contributed by atoms with van der Waals surface area (Å²) in [6.07, 6.45) is 3.36. The molecule has 3 N–H and O–H groups in total. The van der Waals surface area contributed by atoms with Gasteiger partial charge in [-0.2, -0.15) is 0 Å². The number of rotatable bonds is 3. The Labute approximate surface area is 153 Å². The van der Waals surface area contributed by atoms with E-state index in [-0.39, 0.29) is 16.6 Å². The molecule has 0 radical (unpaired) electrons. The predicted molar refractivity (Wildman–Crippen MR) is 101 cm³/mol. The monoisotopic (exact) mass is 368 g/mol. The van der Waals surface area contributed by atoms with E-state index in [1.54, 1.807) is 30.6 Å². The van der Waals surface area contributed by atoms with E-state index < -0.39 is 5.82 Å². The standard InChI is InChI=1S/C19H14ClFN4O/c1-10-9-11(5-7-23-10)16-18-12(6-8-24-16)17(19(22)26-18)25-14-4-2-3-13(20)15(14)21/h2-9,25H,22H2,1H3. The van der Waals surface area contributed by atoms with Gasteiger partial charge in [0.05, 0.1) is 16.1 Å². The summed E-state index contributed by atoms with van der Waals surface area (Å²) in [6.45, 7) is 1.90. The van der Waals surface area contributed by atoms with Crippen LogP contribution in [0.4, 0.5) is 21.6 Å². The van der Waals surface area contributed by atoms with Crippen molar-refractivity contribution in [1.29, 1.82) is 0 Å². The molecule has 0 unspecified atom stereocenters. The molecule has 7 heteroatoms. The topological polar surface area (TPSA) is 77.0 Å². The van der Waals surface area contributed by atoms with Gasteiger partial charge in [0, 0.05) is 23.7 Å². The molecule has 0 bridgehead atoms. The van der Waals surface area contributed by atoms with Crippen molar-refractivity contribution in [1.82, 2.24) is 9.97 Å². The first kappa shape index (κ1) is 16.4. The van der Waals surface area contributed by atoms with Crippen LogP contribution >= 0.6 is 11.6 Å². The summed E-state index contributed by atoms with van der Waals surface area (Å²) in [4.78, 5) is 8.60. The number of nitrogen functional groups attached to an aromatic ring is 1. The van der Waals surface area contributed by atoms with E-state index in [1.807, 2.05) is 19.1 Å². The minimum absolute atomic E-state index is 0.0241. The summed E-state index contributed by atoms with van der Waals surface area (Å²) in [5.74, 6) is -0.415. The molecule has 0 fully saturated rings. The normalized spacial score (nSPS) is 11.0. The summed E-state index contributed by atoms with van der Waals surface area (Å²) < 4.78 is 20.0. The van der Waals surface area contributed by atoms with Crippen molar-refractivity contribution >= 4 is 39.8 Å². The second kappa shape index (κ2) is 6.31. The number of aryl methyl sites for hydroxylation is 1. The Morgan fingerprint density at radius 3 is 2.77 bits per heavy atom. The number of benzene rings is 1. The average molecular weight is 369 g/mol. The Balaban J connectivity index is 1.86. The van der Waals surface area contributed by atoms with Gasteiger partial charge in [0.1, 0.15) is 11.4 Å². The van der Waals surface area contributed by atoms with Crippen LogP contribution in [0.1, 0.15) is 5.69 Å². The first-order valence-electron chi connectivity index (χ1n) is 7.85. The number of nitrogens with one attached hydrogen (secondary N) is 1. The minimum atomic E-state index is -0.554.